The molecular weight excluding hydrogens is 325 g/mol. The summed E-state index contributed by atoms with van der Waals surface area (Å²) in [5, 5.41) is 14.8. The lowest BCUT2D eigenvalue weighted by Gasteiger charge is -2.41. The molecular formula is C16H19F3N2O3. The van der Waals surface area contributed by atoms with Gasteiger partial charge in [-0.2, -0.15) is 23.3 Å². The molecule has 8 heteroatoms. The first-order valence-electron chi connectivity index (χ1n) is 7.26. The third-order valence-corrected chi connectivity index (χ3v) is 4.04. The molecule has 1 atom stereocenters. The highest BCUT2D eigenvalue weighted by Gasteiger charge is 2.57. The van der Waals surface area contributed by atoms with E-state index in [-0.39, 0.29) is 5.56 Å². The molecule has 0 saturated carbocycles. The van der Waals surface area contributed by atoms with Crippen LogP contribution in [0, 0.1) is 5.41 Å². The number of carbonyl (C=O) groups is 1. The van der Waals surface area contributed by atoms with E-state index in [0.717, 1.165) is 0 Å². The molecule has 1 aromatic carbocycles. The summed E-state index contributed by atoms with van der Waals surface area (Å²) in [6.07, 6.45) is -5.49. The van der Waals surface area contributed by atoms with Gasteiger partial charge < -0.3 is 9.84 Å². The topological polar surface area (TPSA) is 62.1 Å². The summed E-state index contributed by atoms with van der Waals surface area (Å²) < 4.78 is 44.1. The molecule has 1 aromatic rings. The minimum Gasteiger partial charge on any atom is -0.497 e. The van der Waals surface area contributed by atoms with E-state index in [1.54, 1.807) is 20.8 Å². The highest BCUT2D eigenvalue weighted by Crippen LogP contribution is 2.44. The van der Waals surface area contributed by atoms with Crippen LogP contribution in [0.15, 0.2) is 29.4 Å². The minimum atomic E-state index is -4.71. The summed E-state index contributed by atoms with van der Waals surface area (Å²) in [6, 6.07) is 5.83. The highest BCUT2D eigenvalue weighted by atomic mass is 19.4. The van der Waals surface area contributed by atoms with Crippen LogP contribution in [0.25, 0.3) is 0 Å². The van der Waals surface area contributed by atoms with Crippen LogP contribution in [-0.2, 0) is 0 Å². The van der Waals surface area contributed by atoms with Crippen LogP contribution in [0.1, 0.15) is 37.6 Å². The minimum absolute atomic E-state index is 0.102. The second-order valence-corrected chi connectivity index (χ2v) is 6.63. The van der Waals surface area contributed by atoms with Crippen LogP contribution >= 0.6 is 0 Å². The van der Waals surface area contributed by atoms with Crippen LogP contribution in [0.3, 0.4) is 0 Å². The molecule has 0 saturated heterocycles. The number of carbonyl (C=O) groups excluding carboxylic acids is 1. The van der Waals surface area contributed by atoms with Gasteiger partial charge in [0.2, 0.25) is 0 Å². The molecule has 1 heterocycles. The van der Waals surface area contributed by atoms with E-state index in [9.17, 15) is 23.1 Å². The van der Waals surface area contributed by atoms with E-state index in [1.165, 1.54) is 31.4 Å². The normalized spacial score (nSPS) is 21.7. The second-order valence-electron chi connectivity index (χ2n) is 6.63. The maximum absolute atomic E-state index is 13.0. The first kappa shape index (κ1) is 18.3. The van der Waals surface area contributed by atoms with E-state index >= 15 is 0 Å². The van der Waals surface area contributed by atoms with E-state index in [1.807, 2.05) is 0 Å². The quantitative estimate of drug-likeness (QED) is 0.896. The Morgan fingerprint density at radius 3 is 2.21 bits per heavy atom. The van der Waals surface area contributed by atoms with Crippen molar-refractivity contribution >= 4 is 11.6 Å². The van der Waals surface area contributed by atoms with Crippen LogP contribution in [0.2, 0.25) is 0 Å². The molecule has 1 aliphatic heterocycles. The second kappa shape index (κ2) is 5.77. The molecule has 0 bridgehead atoms. The van der Waals surface area contributed by atoms with Gasteiger partial charge in [0.25, 0.3) is 5.91 Å². The zero-order valence-corrected chi connectivity index (χ0v) is 13.8. The standard InChI is InChI=1S/C16H19F3N2O3/c1-14(2,3)15(23)9-12(16(17,18)19)20-21(15)13(22)10-5-7-11(24-4)8-6-10/h5-8,23H,9H2,1-4H3. The Labute approximate surface area is 137 Å². The number of amides is 1. The van der Waals surface area contributed by atoms with Crippen molar-refractivity contribution in [3.05, 3.63) is 29.8 Å². The molecule has 1 N–H and O–H groups in total. The van der Waals surface area contributed by atoms with E-state index in [0.29, 0.717) is 10.8 Å². The molecule has 1 unspecified atom stereocenters. The molecule has 0 spiro atoms. The number of halogens is 3. The van der Waals surface area contributed by atoms with Gasteiger partial charge in [-0.1, -0.05) is 20.8 Å². The average Bonchev–Trinajstić information content (AvgIpc) is 2.86. The predicted molar refractivity (Wildman–Crippen MR) is 81.7 cm³/mol. The lowest BCUT2D eigenvalue weighted by molar-refractivity contribution is -0.144. The number of alkyl halides is 3. The van der Waals surface area contributed by atoms with E-state index in [4.69, 9.17) is 4.74 Å². The number of benzene rings is 1. The number of methoxy groups -OCH3 is 1. The fraction of sp³-hybridized carbons (Fsp3) is 0.500. The molecule has 132 valence electrons. The number of nitrogens with zero attached hydrogens (tertiary/aromatic N) is 2. The molecule has 0 radical (unpaired) electrons. The lowest BCUT2D eigenvalue weighted by Crippen LogP contribution is -2.55. The Hall–Kier alpha value is -2.09. The van der Waals surface area contributed by atoms with Crippen LogP contribution in [-0.4, -0.2) is 40.7 Å². The fourth-order valence-electron chi connectivity index (χ4n) is 2.36. The molecule has 0 aliphatic carbocycles. The van der Waals surface area contributed by atoms with Gasteiger partial charge in [-0.25, -0.2) is 0 Å². The van der Waals surface area contributed by atoms with Gasteiger partial charge in [0.05, 0.1) is 7.11 Å². The van der Waals surface area contributed by atoms with E-state index in [2.05, 4.69) is 5.10 Å². The third-order valence-electron chi connectivity index (χ3n) is 4.04. The van der Waals surface area contributed by atoms with Crippen molar-refractivity contribution in [1.29, 1.82) is 0 Å². The van der Waals surface area contributed by atoms with Gasteiger partial charge in [0, 0.05) is 17.4 Å². The number of hydrogen-bond donors (Lipinski definition) is 1. The highest BCUT2D eigenvalue weighted by molar-refractivity contribution is 5.99. The molecule has 1 amide bonds. The van der Waals surface area contributed by atoms with Crippen LogP contribution < -0.4 is 4.74 Å². The molecule has 0 fully saturated rings. The van der Waals surface area contributed by atoms with Crippen LogP contribution in [0.5, 0.6) is 5.75 Å². The van der Waals surface area contributed by atoms with Crippen molar-refractivity contribution in [2.24, 2.45) is 10.5 Å². The number of hydrazone groups is 1. The van der Waals surface area contributed by atoms with Crippen LogP contribution in [0.4, 0.5) is 13.2 Å². The maximum Gasteiger partial charge on any atom is 0.431 e. The summed E-state index contributed by atoms with van der Waals surface area (Å²) in [5.41, 5.74) is -4.19. The largest absolute Gasteiger partial charge is 0.497 e. The first-order valence-corrected chi connectivity index (χ1v) is 7.26. The number of rotatable bonds is 2. The van der Waals surface area contributed by atoms with Gasteiger partial charge in [-0.05, 0) is 24.3 Å². The van der Waals surface area contributed by atoms with Crippen molar-refractivity contribution in [3.8, 4) is 5.75 Å². The summed E-state index contributed by atoms with van der Waals surface area (Å²) in [5.74, 6) is -0.312. The first-order chi connectivity index (χ1) is 10.9. The zero-order chi connectivity index (χ0) is 18.3. The van der Waals surface area contributed by atoms with Crippen molar-refractivity contribution in [2.45, 2.75) is 39.1 Å². The van der Waals surface area contributed by atoms with Gasteiger partial charge in [0.1, 0.15) is 11.5 Å². The molecule has 2 rings (SSSR count). The Morgan fingerprint density at radius 2 is 1.79 bits per heavy atom. The van der Waals surface area contributed by atoms with Crippen molar-refractivity contribution < 1.29 is 27.8 Å². The zero-order valence-electron chi connectivity index (χ0n) is 13.8. The third kappa shape index (κ3) is 3.10. The number of ether oxygens (including phenoxy) is 1. The Bertz CT molecular complexity index is 663. The van der Waals surface area contributed by atoms with E-state index < -0.39 is 35.4 Å². The monoisotopic (exact) mass is 344 g/mol. The molecule has 24 heavy (non-hydrogen) atoms. The van der Waals surface area contributed by atoms with Crippen molar-refractivity contribution in [2.75, 3.05) is 7.11 Å². The van der Waals surface area contributed by atoms with Crippen molar-refractivity contribution in [3.63, 3.8) is 0 Å². The Morgan fingerprint density at radius 1 is 1.25 bits per heavy atom. The molecule has 0 aromatic heterocycles. The van der Waals surface area contributed by atoms with Gasteiger partial charge >= 0.3 is 6.18 Å². The van der Waals surface area contributed by atoms with Gasteiger partial charge in [0.15, 0.2) is 5.72 Å². The Balaban J connectivity index is 2.45. The predicted octanol–water partition coefficient (Wildman–Crippen LogP) is 3.19. The maximum atomic E-state index is 13.0. The van der Waals surface area contributed by atoms with Gasteiger partial charge in [-0.15, -0.1) is 0 Å². The summed E-state index contributed by atoms with van der Waals surface area (Å²) in [6.45, 7) is 4.66. The Kier molecular flexibility index (Phi) is 4.39. The SMILES string of the molecule is COc1ccc(C(=O)N2N=C(C(F)(F)F)CC2(O)C(C)(C)C)cc1. The molecule has 1 aliphatic rings. The summed E-state index contributed by atoms with van der Waals surface area (Å²) >= 11 is 0. The average molecular weight is 344 g/mol. The smallest absolute Gasteiger partial charge is 0.431 e. The number of hydrogen-bond acceptors (Lipinski definition) is 4. The molecule has 5 nitrogen and oxygen atoms in total. The summed E-state index contributed by atoms with van der Waals surface area (Å²) in [4.78, 5) is 12.6. The lowest BCUT2D eigenvalue weighted by atomic mass is 9.80. The fourth-order valence-corrected chi connectivity index (χ4v) is 2.36. The van der Waals surface area contributed by atoms with Crippen molar-refractivity contribution in [1.82, 2.24) is 5.01 Å². The van der Waals surface area contributed by atoms with Gasteiger partial charge in [-0.3, -0.25) is 4.79 Å². The summed E-state index contributed by atoms with van der Waals surface area (Å²) in [7, 11) is 1.45. The number of aliphatic hydroxyl groups is 1.